The summed E-state index contributed by atoms with van der Waals surface area (Å²) in [6, 6.07) is 12.3. The van der Waals surface area contributed by atoms with Gasteiger partial charge in [-0.15, -0.1) is 11.3 Å². The Morgan fingerprint density at radius 1 is 1.29 bits per heavy atom. The lowest BCUT2D eigenvalue weighted by Crippen LogP contribution is -2.30. The van der Waals surface area contributed by atoms with Gasteiger partial charge in [0, 0.05) is 11.3 Å². The molecule has 0 aliphatic heterocycles. The molecule has 1 aromatic carbocycles. The third kappa shape index (κ3) is 4.29. The van der Waals surface area contributed by atoms with E-state index in [1.54, 1.807) is 22.3 Å². The molecule has 5 nitrogen and oxygen atoms in total. The SMILES string of the molecule is Cc1ccsc1C(Cc1ccccc1)NC(=O)CCn1cncn1. The van der Waals surface area contributed by atoms with Crippen molar-refractivity contribution in [2.75, 3.05) is 0 Å². The minimum atomic E-state index is -0.00403. The van der Waals surface area contributed by atoms with E-state index in [0.29, 0.717) is 13.0 Å². The Hall–Kier alpha value is -2.47. The Kier molecular flexibility index (Phi) is 5.38. The van der Waals surface area contributed by atoms with Crippen LogP contribution in [0.1, 0.15) is 28.5 Å². The number of rotatable bonds is 7. The summed E-state index contributed by atoms with van der Waals surface area (Å²) in [5, 5.41) is 9.28. The average Bonchev–Trinajstić information content (AvgIpc) is 3.25. The van der Waals surface area contributed by atoms with E-state index in [9.17, 15) is 4.79 Å². The zero-order valence-electron chi connectivity index (χ0n) is 13.6. The standard InChI is InChI=1S/C18H20N4OS/c1-14-8-10-24-18(14)16(11-15-5-3-2-4-6-15)21-17(23)7-9-22-13-19-12-20-22/h2-6,8,10,12-13,16H,7,9,11H2,1H3,(H,21,23). The van der Waals surface area contributed by atoms with Crippen molar-refractivity contribution in [3.8, 4) is 0 Å². The number of hydrogen-bond acceptors (Lipinski definition) is 4. The molecule has 0 aliphatic carbocycles. The number of nitrogens with one attached hydrogen (secondary N) is 1. The maximum absolute atomic E-state index is 12.4. The number of hydrogen-bond donors (Lipinski definition) is 1. The van der Waals surface area contributed by atoms with Crippen LogP contribution in [0.5, 0.6) is 0 Å². The predicted octanol–water partition coefficient (Wildman–Crippen LogP) is 3.14. The zero-order valence-corrected chi connectivity index (χ0v) is 14.4. The maximum atomic E-state index is 12.4. The van der Waals surface area contributed by atoms with E-state index >= 15 is 0 Å². The highest BCUT2D eigenvalue weighted by molar-refractivity contribution is 7.10. The van der Waals surface area contributed by atoms with Gasteiger partial charge in [0.2, 0.25) is 5.91 Å². The van der Waals surface area contributed by atoms with Gasteiger partial charge in [-0.1, -0.05) is 30.3 Å². The minimum Gasteiger partial charge on any atom is -0.348 e. The maximum Gasteiger partial charge on any atom is 0.222 e. The summed E-state index contributed by atoms with van der Waals surface area (Å²) in [4.78, 5) is 17.5. The topological polar surface area (TPSA) is 59.8 Å². The van der Waals surface area contributed by atoms with Crippen LogP contribution in [-0.2, 0) is 17.8 Å². The Bertz CT molecular complexity index is 767. The van der Waals surface area contributed by atoms with Crippen molar-refractivity contribution in [1.29, 1.82) is 0 Å². The lowest BCUT2D eigenvalue weighted by atomic mass is 10.0. The van der Waals surface area contributed by atoms with Crippen LogP contribution in [0.3, 0.4) is 0 Å². The van der Waals surface area contributed by atoms with Gasteiger partial charge >= 0.3 is 0 Å². The number of thiophene rings is 1. The second-order valence-electron chi connectivity index (χ2n) is 5.69. The lowest BCUT2D eigenvalue weighted by molar-refractivity contribution is -0.122. The van der Waals surface area contributed by atoms with E-state index in [2.05, 4.69) is 45.9 Å². The van der Waals surface area contributed by atoms with Crippen LogP contribution in [-0.4, -0.2) is 20.7 Å². The van der Waals surface area contributed by atoms with Gasteiger partial charge < -0.3 is 5.32 Å². The molecule has 1 unspecified atom stereocenters. The van der Waals surface area contributed by atoms with Crippen LogP contribution in [0.4, 0.5) is 0 Å². The molecule has 1 atom stereocenters. The Labute approximate surface area is 145 Å². The van der Waals surface area contributed by atoms with Crippen molar-refractivity contribution in [1.82, 2.24) is 20.1 Å². The number of carbonyl (C=O) groups excluding carboxylic acids is 1. The van der Waals surface area contributed by atoms with Gasteiger partial charge in [0.1, 0.15) is 12.7 Å². The molecular formula is C18H20N4OS. The van der Waals surface area contributed by atoms with Gasteiger partial charge in [0.25, 0.3) is 0 Å². The van der Waals surface area contributed by atoms with E-state index < -0.39 is 0 Å². The molecule has 0 aliphatic rings. The van der Waals surface area contributed by atoms with Crippen molar-refractivity contribution in [3.63, 3.8) is 0 Å². The van der Waals surface area contributed by atoms with Gasteiger partial charge in [-0.2, -0.15) is 5.10 Å². The van der Waals surface area contributed by atoms with Gasteiger partial charge in [-0.3, -0.25) is 9.48 Å². The monoisotopic (exact) mass is 340 g/mol. The fraction of sp³-hybridized carbons (Fsp3) is 0.278. The molecule has 1 amide bonds. The van der Waals surface area contributed by atoms with Gasteiger partial charge in [0.05, 0.1) is 12.6 Å². The van der Waals surface area contributed by atoms with Crippen LogP contribution in [0.25, 0.3) is 0 Å². The number of carbonyl (C=O) groups is 1. The first-order chi connectivity index (χ1) is 11.7. The van der Waals surface area contributed by atoms with E-state index in [0.717, 1.165) is 6.42 Å². The number of nitrogens with zero attached hydrogens (tertiary/aromatic N) is 3. The molecular weight excluding hydrogens is 320 g/mol. The molecule has 1 N–H and O–H groups in total. The highest BCUT2D eigenvalue weighted by Crippen LogP contribution is 2.27. The second-order valence-corrected chi connectivity index (χ2v) is 6.63. The number of aryl methyl sites for hydroxylation is 2. The van der Waals surface area contributed by atoms with Crippen LogP contribution in [0.15, 0.2) is 54.4 Å². The van der Waals surface area contributed by atoms with Crippen LogP contribution in [0, 0.1) is 6.92 Å². The first-order valence-corrected chi connectivity index (χ1v) is 8.80. The Morgan fingerprint density at radius 3 is 2.79 bits per heavy atom. The Balaban J connectivity index is 1.67. The van der Waals surface area contributed by atoms with Crippen molar-refractivity contribution < 1.29 is 4.79 Å². The molecule has 0 bridgehead atoms. The average molecular weight is 340 g/mol. The first-order valence-electron chi connectivity index (χ1n) is 7.92. The fourth-order valence-electron chi connectivity index (χ4n) is 2.63. The van der Waals surface area contributed by atoms with E-state index in [1.165, 1.54) is 22.3 Å². The summed E-state index contributed by atoms with van der Waals surface area (Å²) in [6.45, 7) is 2.62. The summed E-state index contributed by atoms with van der Waals surface area (Å²) < 4.78 is 1.67. The van der Waals surface area contributed by atoms with Crippen LogP contribution < -0.4 is 5.32 Å². The van der Waals surface area contributed by atoms with E-state index in [4.69, 9.17) is 0 Å². The number of benzene rings is 1. The van der Waals surface area contributed by atoms with Crippen molar-refractivity contribution in [2.45, 2.75) is 32.4 Å². The normalized spacial score (nSPS) is 12.0. The van der Waals surface area contributed by atoms with Gasteiger partial charge in [-0.25, -0.2) is 4.98 Å². The molecule has 24 heavy (non-hydrogen) atoms. The fourth-order valence-corrected chi connectivity index (χ4v) is 3.61. The molecule has 6 heteroatoms. The molecule has 2 aromatic heterocycles. The van der Waals surface area contributed by atoms with Crippen molar-refractivity contribution >= 4 is 17.2 Å². The van der Waals surface area contributed by atoms with Crippen LogP contribution in [0.2, 0.25) is 0 Å². The second kappa shape index (κ2) is 7.88. The molecule has 0 spiro atoms. The van der Waals surface area contributed by atoms with E-state index in [1.807, 2.05) is 18.2 Å². The summed E-state index contributed by atoms with van der Waals surface area (Å²) >= 11 is 1.69. The largest absolute Gasteiger partial charge is 0.348 e. The predicted molar refractivity (Wildman–Crippen MR) is 94.7 cm³/mol. The number of aromatic nitrogens is 3. The van der Waals surface area contributed by atoms with Crippen molar-refractivity contribution in [3.05, 3.63) is 70.4 Å². The molecule has 0 radical (unpaired) electrons. The molecule has 2 heterocycles. The summed E-state index contributed by atoms with van der Waals surface area (Å²) in [5.74, 6) is 0.0271. The van der Waals surface area contributed by atoms with Gasteiger partial charge in [-0.05, 0) is 35.9 Å². The third-order valence-electron chi connectivity index (χ3n) is 3.87. The molecule has 3 aromatic rings. The summed E-state index contributed by atoms with van der Waals surface area (Å²) in [6.07, 6.45) is 4.28. The third-order valence-corrected chi connectivity index (χ3v) is 5.00. The van der Waals surface area contributed by atoms with E-state index in [-0.39, 0.29) is 11.9 Å². The molecule has 0 fully saturated rings. The molecule has 3 rings (SSSR count). The van der Waals surface area contributed by atoms with Crippen molar-refractivity contribution in [2.24, 2.45) is 0 Å². The highest BCUT2D eigenvalue weighted by atomic mass is 32.1. The highest BCUT2D eigenvalue weighted by Gasteiger charge is 2.18. The van der Waals surface area contributed by atoms with Gasteiger partial charge in [0.15, 0.2) is 0 Å². The molecule has 124 valence electrons. The Morgan fingerprint density at radius 2 is 2.12 bits per heavy atom. The smallest absolute Gasteiger partial charge is 0.222 e. The number of amides is 1. The minimum absolute atomic E-state index is 0.00403. The van der Waals surface area contributed by atoms with Crippen LogP contribution >= 0.6 is 11.3 Å². The summed E-state index contributed by atoms with van der Waals surface area (Å²) in [5.41, 5.74) is 2.43. The summed E-state index contributed by atoms with van der Waals surface area (Å²) in [7, 11) is 0. The quantitative estimate of drug-likeness (QED) is 0.719. The lowest BCUT2D eigenvalue weighted by Gasteiger charge is -2.19. The molecule has 0 saturated heterocycles. The first kappa shape index (κ1) is 16.4. The molecule has 0 saturated carbocycles. The zero-order chi connectivity index (χ0) is 16.8.